The molecular formula is C19H16Br2ClFN2. The summed E-state index contributed by atoms with van der Waals surface area (Å²) in [6.45, 7) is 0.628. The molecule has 25 heavy (non-hydrogen) atoms. The van der Waals surface area contributed by atoms with Gasteiger partial charge in [-0.25, -0.2) is 9.37 Å². The third-order valence-corrected chi connectivity index (χ3v) is 6.24. The Bertz CT molecular complexity index is 810. The molecule has 3 atom stereocenters. The number of pyridine rings is 1. The minimum Gasteiger partial charge on any atom is -0.379 e. The number of benzene rings is 1. The van der Waals surface area contributed by atoms with Crippen LogP contribution in [0.1, 0.15) is 11.5 Å². The zero-order valence-corrected chi connectivity index (χ0v) is 17.1. The molecule has 3 rings (SSSR count). The maximum atomic E-state index is 14.1. The second-order valence-corrected chi connectivity index (χ2v) is 7.82. The van der Waals surface area contributed by atoms with Crippen LogP contribution in [0.3, 0.4) is 0 Å². The Kier molecular flexibility index (Phi) is 6.31. The molecule has 0 spiro atoms. The summed E-state index contributed by atoms with van der Waals surface area (Å²) in [6, 6.07) is 9.59. The first-order valence-electron chi connectivity index (χ1n) is 7.84. The molecule has 0 amide bonds. The van der Waals surface area contributed by atoms with Crippen LogP contribution in [0.25, 0.3) is 0 Å². The zero-order valence-electron chi connectivity index (χ0n) is 13.2. The van der Waals surface area contributed by atoms with Gasteiger partial charge in [-0.1, -0.05) is 42.0 Å². The highest BCUT2D eigenvalue weighted by Crippen LogP contribution is 2.51. The van der Waals surface area contributed by atoms with Crippen molar-refractivity contribution in [3.63, 3.8) is 0 Å². The summed E-state index contributed by atoms with van der Waals surface area (Å²) < 4.78 is 16.0. The van der Waals surface area contributed by atoms with Crippen molar-refractivity contribution < 1.29 is 4.39 Å². The molecule has 0 bridgehead atoms. The van der Waals surface area contributed by atoms with Crippen molar-refractivity contribution in [1.29, 1.82) is 0 Å². The van der Waals surface area contributed by atoms with Crippen LogP contribution in [-0.4, -0.2) is 17.7 Å². The monoisotopic (exact) mass is 484 g/mol. The molecule has 6 heteroatoms. The molecule has 1 heterocycles. The van der Waals surface area contributed by atoms with E-state index in [9.17, 15) is 4.39 Å². The highest BCUT2D eigenvalue weighted by atomic mass is 79.9. The molecule has 130 valence electrons. The van der Waals surface area contributed by atoms with Crippen molar-refractivity contribution in [3.8, 4) is 0 Å². The molecule has 3 unspecified atom stereocenters. The van der Waals surface area contributed by atoms with E-state index in [0.29, 0.717) is 11.7 Å². The lowest BCUT2D eigenvalue weighted by Gasteiger charge is -2.03. The van der Waals surface area contributed by atoms with E-state index in [1.807, 2.05) is 54.6 Å². The second kappa shape index (κ2) is 8.47. The van der Waals surface area contributed by atoms with Crippen molar-refractivity contribution >= 4 is 49.1 Å². The standard InChI is InChI=1S/C19H16Br2ClFN2/c20-14-8-7-12(11-15(14)21)17-13(18(17)23)5-2-1-3-9-24-16-6-4-10-25-19(16)22/h1-8,10-11,13,17-18,24H,9H2/b3-1+,5-2+. The van der Waals surface area contributed by atoms with E-state index in [1.165, 1.54) is 0 Å². The summed E-state index contributed by atoms with van der Waals surface area (Å²) in [4.78, 5) is 4.00. The number of nitrogens with zero attached hydrogens (tertiary/aromatic N) is 1. The van der Waals surface area contributed by atoms with Gasteiger partial charge >= 0.3 is 0 Å². The minimum absolute atomic E-state index is 0.0543. The van der Waals surface area contributed by atoms with E-state index in [-0.39, 0.29) is 11.8 Å². The highest BCUT2D eigenvalue weighted by molar-refractivity contribution is 9.13. The maximum absolute atomic E-state index is 14.1. The van der Waals surface area contributed by atoms with Crippen molar-refractivity contribution in [2.45, 2.75) is 12.1 Å². The Morgan fingerprint density at radius 1 is 1.20 bits per heavy atom. The summed E-state index contributed by atoms with van der Waals surface area (Å²) in [7, 11) is 0. The quantitative estimate of drug-likeness (QED) is 0.371. The Labute approximate surface area is 168 Å². The summed E-state index contributed by atoms with van der Waals surface area (Å²) in [5.74, 6) is -0.111. The fourth-order valence-electron chi connectivity index (χ4n) is 2.67. The lowest BCUT2D eigenvalue weighted by atomic mass is 10.1. The Morgan fingerprint density at radius 2 is 2.04 bits per heavy atom. The van der Waals surface area contributed by atoms with Crippen LogP contribution in [-0.2, 0) is 0 Å². The van der Waals surface area contributed by atoms with E-state index < -0.39 is 6.17 Å². The average molecular weight is 487 g/mol. The Morgan fingerprint density at radius 3 is 2.80 bits per heavy atom. The maximum Gasteiger partial charge on any atom is 0.152 e. The second-order valence-electron chi connectivity index (χ2n) is 5.76. The predicted molar refractivity (Wildman–Crippen MR) is 109 cm³/mol. The number of hydrogen-bond donors (Lipinski definition) is 1. The smallest absolute Gasteiger partial charge is 0.152 e. The van der Waals surface area contributed by atoms with Crippen LogP contribution in [0.4, 0.5) is 10.1 Å². The number of aromatic nitrogens is 1. The number of anilines is 1. The molecule has 0 saturated heterocycles. The number of rotatable bonds is 6. The first kappa shape index (κ1) is 18.6. The fraction of sp³-hybridized carbons (Fsp3) is 0.211. The predicted octanol–water partition coefficient (Wildman–Crippen LogP) is 6.54. The van der Waals surface area contributed by atoms with Crippen molar-refractivity contribution in [3.05, 3.63) is 80.5 Å². The van der Waals surface area contributed by atoms with Crippen LogP contribution in [0, 0.1) is 5.92 Å². The lowest BCUT2D eigenvalue weighted by Crippen LogP contribution is -1.99. The molecule has 1 fully saturated rings. The fourth-order valence-corrected chi connectivity index (χ4v) is 3.50. The summed E-state index contributed by atoms with van der Waals surface area (Å²) >= 11 is 12.9. The number of nitrogens with one attached hydrogen (secondary N) is 1. The van der Waals surface area contributed by atoms with E-state index >= 15 is 0 Å². The number of allylic oxidation sites excluding steroid dienone is 3. The van der Waals surface area contributed by atoms with Gasteiger partial charge in [0, 0.05) is 33.5 Å². The van der Waals surface area contributed by atoms with E-state index in [0.717, 1.165) is 20.2 Å². The molecule has 1 N–H and O–H groups in total. The summed E-state index contributed by atoms with van der Waals surface area (Å²) in [5, 5.41) is 3.62. The van der Waals surface area contributed by atoms with Crippen molar-refractivity contribution in [1.82, 2.24) is 4.98 Å². The molecule has 1 aromatic carbocycles. The molecule has 0 radical (unpaired) electrons. The lowest BCUT2D eigenvalue weighted by molar-refractivity contribution is 0.455. The van der Waals surface area contributed by atoms with E-state index in [2.05, 4.69) is 42.2 Å². The van der Waals surface area contributed by atoms with Crippen molar-refractivity contribution in [2.24, 2.45) is 5.92 Å². The minimum atomic E-state index is -0.815. The van der Waals surface area contributed by atoms with Gasteiger partial charge in [0.15, 0.2) is 5.15 Å². The molecule has 1 aliphatic carbocycles. The van der Waals surface area contributed by atoms with Crippen LogP contribution in [0.2, 0.25) is 5.15 Å². The van der Waals surface area contributed by atoms with Gasteiger partial charge in [-0.2, -0.15) is 0 Å². The zero-order chi connectivity index (χ0) is 17.8. The molecule has 1 saturated carbocycles. The summed E-state index contributed by atoms with van der Waals surface area (Å²) in [5.41, 5.74) is 1.82. The molecule has 2 aromatic rings. The van der Waals surface area contributed by atoms with Crippen LogP contribution in [0.5, 0.6) is 0 Å². The van der Waals surface area contributed by atoms with Gasteiger partial charge in [0.05, 0.1) is 5.69 Å². The average Bonchev–Trinajstić information content (AvgIpc) is 3.24. The van der Waals surface area contributed by atoms with Gasteiger partial charge in [-0.05, 0) is 61.7 Å². The normalized spacial score (nSPS) is 22.6. The van der Waals surface area contributed by atoms with Crippen molar-refractivity contribution in [2.75, 3.05) is 11.9 Å². The number of halogens is 4. The topological polar surface area (TPSA) is 24.9 Å². The number of alkyl halides is 1. The molecular weight excluding hydrogens is 470 g/mol. The van der Waals surface area contributed by atoms with Gasteiger partial charge in [0.2, 0.25) is 0 Å². The van der Waals surface area contributed by atoms with Gasteiger partial charge in [-0.15, -0.1) is 0 Å². The first-order valence-corrected chi connectivity index (χ1v) is 9.81. The van der Waals surface area contributed by atoms with Gasteiger partial charge in [-0.3, -0.25) is 0 Å². The Hall–Kier alpha value is -1.17. The molecule has 0 aliphatic heterocycles. The third-order valence-electron chi connectivity index (χ3n) is 4.06. The molecule has 1 aromatic heterocycles. The van der Waals surface area contributed by atoms with Gasteiger partial charge in [0.25, 0.3) is 0 Å². The van der Waals surface area contributed by atoms with Crippen LogP contribution >= 0.6 is 43.5 Å². The van der Waals surface area contributed by atoms with Gasteiger partial charge < -0.3 is 5.32 Å². The largest absolute Gasteiger partial charge is 0.379 e. The van der Waals surface area contributed by atoms with Crippen LogP contribution < -0.4 is 5.32 Å². The molecule has 2 nitrogen and oxygen atoms in total. The van der Waals surface area contributed by atoms with E-state index in [4.69, 9.17) is 11.6 Å². The van der Waals surface area contributed by atoms with E-state index in [1.54, 1.807) is 6.20 Å². The highest BCUT2D eigenvalue weighted by Gasteiger charge is 2.50. The first-order chi connectivity index (χ1) is 12.1. The third kappa shape index (κ3) is 4.72. The number of hydrogen-bond acceptors (Lipinski definition) is 2. The summed E-state index contributed by atoms with van der Waals surface area (Å²) in [6.07, 6.45) is 8.54. The van der Waals surface area contributed by atoms with Crippen LogP contribution in [0.15, 0.2) is 69.8 Å². The Balaban J connectivity index is 1.49. The molecule has 1 aliphatic rings. The van der Waals surface area contributed by atoms with Gasteiger partial charge in [0.1, 0.15) is 6.17 Å². The SMILES string of the molecule is FC1C(/C=C/C=C/CNc2cccnc2Cl)C1c1ccc(Br)c(Br)c1.